The number of hydrogen-bond acceptors (Lipinski definition) is 7. The van der Waals surface area contributed by atoms with Gasteiger partial charge in [0.1, 0.15) is 0 Å². The van der Waals surface area contributed by atoms with Gasteiger partial charge in [-0.15, -0.1) is 5.10 Å². The van der Waals surface area contributed by atoms with E-state index in [1.165, 1.54) is 206 Å². The Bertz CT molecular complexity index is 700. The number of aliphatic hydroxyl groups excluding tert-OH is 2. The molecule has 1 aromatic heterocycles. The fourth-order valence-electron chi connectivity index (χ4n) is 5.28. The first kappa shape index (κ1) is 84.8. The Labute approximate surface area is 421 Å². The molecule has 0 saturated heterocycles. The summed E-state index contributed by atoms with van der Waals surface area (Å²) in [5, 5.41) is 23.9. The summed E-state index contributed by atoms with van der Waals surface area (Å²) in [6.45, 7) is 39.7. The van der Waals surface area contributed by atoms with Gasteiger partial charge in [-0.25, -0.2) is 0 Å². The van der Waals surface area contributed by atoms with Crippen molar-refractivity contribution in [1.82, 2.24) is 19.9 Å². The largest absolute Gasteiger partial charge is 0.400 e. The number of ether oxygens (including phenoxy) is 1. The van der Waals surface area contributed by atoms with Crippen molar-refractivity contribution < 1.29 is 14.9 Å². The standard InChI is InChI=1S/C22H47NO2.C13H29N.3C4H10.C3H5N3.C3H8.2C2H6.CH4O/c1-4-7-9-11-14-18-22(24)25-21-17-13-12-16-20-23(6-3)19-15-10-8-5-2;1-2-3-4-5-6-7-8-9-10-11-12-13-14;3*1-3-4-2;1-6-3-2-4-5-6;1-3-2;3*1-2/h22,24H,4-21H2,1-3H3;2-14H2,1H3;3*3-4H2,1-2H3;2-3H,1H3;3H2,1-2H3;2*1-2H3;2H,1H3. The zero-order valence-corrected chi connectivity index (χ0v) is 49.6. The van der Waals surface area contributed by atoms with Gasteiger partial charge >= 0.3 is 0 Å². The zero-order chi connectivity index (χ0) is 52.4. The number of aryl methyl sites for hydroxylation is 1. The molecule has 4 N–H and O–H groups in total. The van der Waals surface area contributed by atoms with Crippen molar-refractivity contribution in [1.29, 1.82) is 0 Å². The summed E-state index contributed by atoms with van der Waals surface area (Å²) in [7, 11) is 2.83. The molecule has 1 rings (SSSR count). The summed E-state index contributed by atoms with van der Waals surface area (Å²) in [4.78, 5) is 2.59. The predicted octanol–water partition coefficient (Wildman–Crippen LogP) is 18.7. The Balaban J connectivity index is -0.0000000944. The summed E-state index contributed by atoms with van der Waals surface area (Å²) in [5.41, 5.74) is 5.44. The van der Waals surface area contributed by atoms with Crippen LogP contribution in [0.2, 0.25) is 0 Å². The topological polar surface area (TPSA) is 110 Å². The highest BCUT2D eigenvalue weighted by atomic mass is 16.6. The Kier molecular flexibility index (Phi) is 131. The summed E-state index contributed by atoms with van der Waals surface area (Å²) in [6.07, 6.45) is 44.7. The molecule has 8 nitrogen and oxygen atoms in total. The third-order valence-electron chi connectivity index (χ3n) is 9.86. The fourth-order valence-corrected chi connectivity index (χ4v) is 5.28. The van der Waals surface area contributed by atoms with Gasteiger partial charge in [0.05, 0.1) is 6.20 Å². The summed E-state index contributed by atoms with van der Waals surface area (Å²) < 4.78 is 7.16. The van der Waals surface area contributed by atoms with E-state index >= 15 is 0 Å². The van der Waals surface area contributed by atoms with Crippen LogP contribution in [0.3, 0.4) is 0 Å². The third kappa shape index (κ3) is 120. The van der Waals surface area contributed by atoms with Crippen molar-refractivity contribution in [2.24, 2.45) is 12.8 Å². The minimum absolute atomic E-state index is 0.541. The van der Waals surface area contributed by atoms with Gasteiger partial charge in [-0.1, -0.05) is 283 Å². The molecule has 410 valence electrons. The molecule has 1 unspecified atom stereocenters. The molecule has 0 saturated carbocycles. The van der Waals surface area contributed by atoms with Crippen LogP contribution in [0.25, 0.3) is 0 Å². The lowest BCUT2D eigenvalue weighted by Crippen LogP contribution is -2.25. The van der Waals surface area contributed by atoms with Gasteiger partial charge in [-0.05, 0) is 64.7 Å². The quantitative estimate of drug-likeness (QED) is 0.0466. The minimum Gasteiger partial charge on any atom is -0.400 e. The van der Waals surface area contributed by atoms with Crippen LogP contribution in [0.4, 0.5) is 0 Å². The van der Waals surface area contributed by atoms with E-state index in [9.17, 15) is 5.11 Å². The minimum atomic E-state index is -0.541. The highest BCUT2D eigenvalue weighted by Gasteiger charge is 2.04. The van der Waals surface area contributed by atoms with Gasteiger partial charge in [-0.2, -0.15) is 0 Å². The van der Waals surface area contributed by atoms with Crippen molar-refractivity contribution >= 4 is 0 Å². The van der Waals surface area contributed by atoms with E-state index in [2.05, 4.69) is 98.3 Å². The van der Waals surface area contributed by atoms with Gasteiger partial charge in [0.25, 0.3) is 0 Å². The van der Waals surface area contributed by atoms with E-state index in [4.69, 9.17) is 15.6 Å². The number of nitrogens with two attached hydrogens (primary N) is 1. The van der Waals surface area contributed by atoms with E-state index < -0.39 is 6.29 Å². The zero-order valence-electron chi connectivity index (χ0n) is 49.6. The maximum absolute atomic E-state index is 9.80. The molecular formula is C58H135N5O3. The average Bonchev–Trinajstić information content (AvgIpc) is 3.85. The van der Waals surface area contributed by atoms with E-state index in [0.29, 0.717) is 6.61 Å². The predicted molar refractivity (Wildman–Crippen MR) is 305 cm³/mol. The lowest BCUT2D eigenvalue weighted by atomic mass is 10.1. The van der Waals surface area contributed by atoms with E-state index in [1.54, 1.807) is 17.1 Å². The molecule has 0 aliphatic rings. The Morgan fingerprint density at radius 1 is 0.485 bits per heavy atom. The van der Waals surface area contributed by atoms with Crippen LogP contribution >= 0.6 is 0 Å². The first-order valence-corrected chi connectivity index (χ1v) is 29.2. The maximum Gasteiger partial charge on any atom is 0.154 e. The smallest absolute Gasteiger partial charge is 0.154 e. The molecule has 0 bridgehead atoms. The molecule has 66 heavy (non-hydrogen) atoms. The van der Waals surface area contributed by atoms with Crippen LogP contribution in [0, 0.1) is 0 Å². The van der Waals surface area contributed by atoms with E-state index in [1.807, 2.05) is 34.7 Å². The Hall–Kier alpha value is -1.06. The molecule has 1 aromatic rings. The number of aliphatic hydroxyl groups is 2. The molecule has 0 aliphatic carbocycles. The van der Waals surface area contributed by atoms with Gasteiger partial charge in [0.15, 0.2) is 6.29 Å². The molecule has 1 heterocycles. The molecule has 0 fully saturated rings. The number of rotatable bonds is 34. The molecule has 0 amide bonds. The average molecular weight is 951 g/mol. The number of unbranched alkanes of at least 4 members (excludes halogenated alkanes) is 23. The van der Waals surface area contributed by atoms with Crippen LogP contribution in [0.1, 0.15) is 316 Å². The second kappa shape index (κ2) is 102. The fraction of sp³-hybridized carbons (Fsp3) is 0.966. The van der Waals surface area contributed by atoms with Crippen molar-refractivity contribution in [3.63, 3.8) is 0 Å². The second-order valence-corrected chi connectivity index (χ2v) is 16.5. The van der Waals surface area contributed by atoms with Crippen molar-refractivity contribution in [2.75, 3.05) is 39.9 Å². The van der Waals surface area contributed by atoms with Crippen LogP contribution < -0.4 is 5.73 Å². The SMILES string of the molecule is CC.CC.CCC.CCCC.CCCC.CCCC.CCCCCCCC(O)OCCCCCCN(CC)CCCCCC.CCCCCCCCCCCCCN.CO.Cn1ccnn1. The summed E-state index contributed by atoms with van der Waals surface area (Å²) >= 11 is 0. The van der Waals surface area contributed by atoms with Gasteiger partial charge in [0, 0.05) is 27.0 Å². The monoisotopic (exact) mass is 950 g/mol. The summed E-state index contributed by atoms with van der Waals surface area (Å²) in [6, 6.07) is 0. The van der Waals surface area contributed by atoms with Crippen molar-refractivity contribution in [3.05, 3.63) is 12.4 Å². The molecule has 1 atom stereocenters. The first-order valence-electron chi connectivity index (χ1n) is 29.2. The number of aromatic nitrogens is 3. The van der Waals surface area contributed by atoms with Gasteiger partial charge in [0.2, 0.25) is 0 Å². The maximum atomic E-state index is 9.80. The van der Waals surface area contributed by atoms with Crippen LogP contribution in [0.5, 0.6) is 0 Å². The highest BCUT2D eigenvalue weighted by molar-refractivity contribution is 4.60. The molecule has 0 aliphatic heterocycles. The van der Waals surface area contributed by atoms with Crippen LogP contribution in [-0.4, -0.2) is 76.3 Å². The normalized spacial score (nSPS) is 9.85. The molecule has 8 heteroatoms. The summed E-state index contributed by atoms with van der Waals surface area (Å²) in [5.74, 6) is 0. The number of hydrogen-bond donors (Lipinski definition) is 3. The van der Waals surface area contributed by atoms with Crippen molar-refractivity contribution in [3.8, 4) is 0 Å². The first-order chi connectivity index (χ1) is 32.2. The van der Waals surface area contributed by atoms with E-state index in [-0.39, 0.29) is 0 Å². The number of nitrogens with zero attached hydrogens (tertiary/aromatic N) is 4. The van der Waals surface area contributed by atoms with Gasteiger partial charge in [-0.3, -0.25) is 4.68 Å². The highest BCUT2D eigenvalue weighted by Crippen LogP contribution is 2.12. The van der Waals surface area contributed by atoms with E-state index in [0.717, 1.165) is 32.9 Å². The third-order valence-corrected chi connectivity index (χ3v) is 9.86. The Morgan fingerprint density at radius 2 is 0.803 bits per heavy atom. The van der Waals surface area contributed by atoms with Crippen molar-refractivity contribution in [2.45, 2.75) is 323 Å². The lowest BCUT2D eigenvalue weighted by molar-refractivity contribution is -0.105. The molecule has 0 aromatic carbocycles. The molecular weight excluding hydrogens is 815 g/mol. The second-order valence-electron chi connectivity index (χ2n) is 16.5. The molecule has 0 spiro atoms. The van der Waals surface area contributed by atoms with Crippen LogP contribution in [-0.2, 0) is 11.8 Å². The van der Waals surface area contributed by atoms with Gasteiger partial charge < -0.3 is 25.6 Å². The Morgan fingerprint density at radius 3 is 1.09 bits per heavy atom. The van der Waals surface area contributed by atoms with Crippen LogP contribution in [0.15, 0.2) is 12.4 Å². The lowest BCUT2D eigenvalue weighted by Gasteiger charge is -2.20. The molecule has 0 radical (unpaired) electrons.